The van der Waals surface area contributed by atoms with Crippen molar-refractivity contribution in [3.05, 3.63) is 35.4 Å². The smallest absolute Gasteiger partial charge is 0.314 e. The van der Waals surface area contributed by atoms with E-state index in [4.69, 9.17) is 0 Å². The molecule has 0 radical (unpaired) electrons. The van der Waals surface area contributed by atoms with Crippen molar-refractivity contribution in [2.24, 2.45) is 5.92 Å². The van der Waals surface area contributed by atoms with E-state index in [0.29, 0.717) is 5.92 Å². The van der Waals surface area contributed by atoms with Crippen LogP contribution in [0.1, 0.15) is 89.7 Å². The average Bonchev–Trinajstić information content (AvgIpc) is 2.73. The lowest BCUT2D eigenvalue weighted by molar-refractivity contribution is 0.112. The monoisotopic (exact) mass is 415 g/mol. The van der Waals surface area contributed by atoms with Gasteiger partial charge in [-0.25, -0.2) is 4.79 Å². The Labute approximate surface area is 185 Å². The van der Waals surface area contributed by atoms with Gasteiger partial charge < -0.3 is 15.5 Å². The summed E-state index contributed by atoms with van der Waals surface area (Å²) >= 11 is 0. The van der Waals surface area contributed by atoms with Crippen molar-refractivity contribution < 1.29 is 4.79 Å². The number of unbranched alkanes of at least 4 members (excludes halogenated alkanes) is 2. The summed E-state index contributed by atoms with van der Waals surface area (Å²) in [4.78, 5) is 14.7. The molecule has 1 aliphatic rings. The van der Waals surface area contributed by atoms with E-state index in [0.717, 1.165) is 32.4 Å². The molecule has 4 heteroatoms. The van der Waals surface area contributed by atoms with Gasteiger partial charge in [-0.3, -0.25) is 0 Å². The van der Waals surface area contributed by atoms with E-state index in [2.05, 4.69) is 67.6 Å². The second-order valence-electron chi connectivity index (χ2n) is 9.38. The number of rotatable bonds is 12. The van der Waals surface area contributed by atoms with E-state index in [1.807, 2.05) is 0 Å². The highest BCUT2D eigenvalue weighted by Gasteiger charge is 2.45. The molecule has 1 aromatic rings. The lowest BCUT2D eigenvalue weighted by Gasteiger charge is -2.50. The summed E-state index contributed by atoms with van der Waals surface area (Å²) in [6, 6.07) is 9.23. The van der Waals surface area contributed by atoms with Gasteiger partial charge in [0.15, 0.2) is 0 Å². The average molecular weight is 416 g/mol. The Balaban J connectivity index is 2.49. The van der Waals surface area contributed by atoms with Gasteiger partial charge in [0.1, 0.15) is 0 Å². The molecular formula is C26H45N3O. The van der Waals surface area contributed by atoms with Crippen LogP contribution in [0.5, 0.6) is 0 Å². The van der Waals surface area contributed by atoms with Crippen LogP contribution in [0.2, 0.25) is 0 Å². The Bertz CT molecular complexity index is 647. The summed E-state index contributed by atoms with van der Waals surface area (Å²) in [5, 5.41) is 6.05. The number of urea groups is 1. The number of carbonyl (C=O) groups is 1. The van der Waals surface area contributed by atoms with Gasteiger partial charge in [-0.2, -0.15) is 0 Å². The topological polar surface area (TPSA) is 44.4 Å². The molecule has 4 nitrogen and oxygen atoms in total. The van der Waals surface area contributed by atoms with Crippen molar-refractivity contribution >= 4 is 6.03 Å². The highest BCUT2D eigenvalue weighted by molar-refractivity contribution is 5.73. The van der Waals surface area contributed by atoms with E-state index in [1.165, 1.54) is 49.7 Å². The normalized spacial score (nSPS) is 21.0. The zero-order chi connectivity index (χ0) is 22.0. The number of likely N-dealkylation sites (N-methyl/N-ethyl adjacent to an activating group) is 1. The number of nitrogens with zero attached hydrogens (tertiary/aromatic N) is 1. The minimum Gasteiger partial charge on any atom is -0.341 e. The molecule has 1 heterocycles. The predicted molar refractivity (Wildman–Crippen MR) is 128 cm³/mol. The Kier molecular flexibility index (Phi) is 10.2. The zero-order valence-electron chi connectivity index (χ0n) is 20.1. The molecule has 0 aromatic heterocycles. The molecule has 0 saturated carbocycles. The summed E-state index contributed by atoms with van der Waals surface area (Å²) in [5.74, 6) is 0.642. The molecule has 30 heavy (non-hydrogen) atoms. The molecule has 0 spiro atoms. The highest BCUT2D eigenvalue weighted by atomic mass is 16.2. The van der Waals surface area contributed by atoms with E-state index in [-0.39, 0.29) is 17.5 Å². The maximum absolute atomic E-state index is 12.2. The second kappa shape index (κ2) is 12.3. The molecule has 3 atom stereocenters. The first kappa shape index (κ1) is 24.7. The van der Waals surface area contributed by atoms with E-state index in [9.17, 15) is 4.79 Å². The molecule has 2 N–H and O–H groups in total. The van der Waals surface area contributed by atoms with Crippen molar-refractivity contribution in [2.75, 3.05) is 20.6 Å². The maximum atomic E-state index is 12.2. The van der Waals surface area contributed by atoms with Crippen LogP contribution >= 0.6 is 0 Å². The molecule has 1 aliphatic heterocycles. The van der Waals surface area contributed by atoms with Crippen LogP contribution in [-0.2, 0) is 12.0 Å². The van der Waals surface area contributed by atoms with Gasteiger partial charge in [-0.15, -0.1) is 0 Å². The van der Waals surface area contributed by atoms with Crippen molar-refractivity contribution in [2.45, 2.75) is 96.6 Å². The van der Waals surface area contributed by atoms with Gasteiger partial charge in [0, 0.05) is 31.6 Å². The third-order valence-corrected chi connectivity index (χ3v) is 6.93. The molecule has 0 fully saturated rings. The SMILES string of the molecule is CCCCCC(CCC)C1(CC(CCC)NC(=O)NC)CN(C)Cc2ccccc21. The van der Waals surface area contributed by atoms with Crippen LogP contribution in [0.3, 0.4) is 0 Å². The van der Waals surface area contributed by atoms with Gasteiger partial charge in [-0.05, 0) is 49.8 Å². The Hall–Kier alpha value is -1.55. The van der Waals surface area contributed by atoms with E-state index in [1.54, 1.807) is 7.05 Å². The van der Waals surface area contributed by atoms with Crippen LogP contribution in [0, 0.1) is 5.92 Å². The highest BCUT2D eigenvalue weighted by Crippen LogP contribution is 2.47. The number of hydrogen-bond donors (Lipinski definition) is 2. The zero-order valence-corrected chi connectivity index (χ0v) is 20.1. The Morgan fingerprint density at radius 1 is 1.07 bits per heavy atom. The fraction of sp³-hybridized carbons (Fsp3) is 0.731. The summed E-state index contributed by atoms with van der Waals surface area (Å²) in [6.45, 7) is 8.94. The first-order valence-electron chi connectivity index (χ1n) is 12.3. The standard InChI is InChI=1S/C26H45N3O/c1-6-9-10-16-22(13-7-2)26(18-23(14-8-3)28-25(30)27-4)20-29(5)19-21-15-11-12-17-24(21)26/h11-12,15,17,22-23H,6-10,13-14,16,18-20H2,1-5H3,(H2,27,28,30). The Morgan fingerprint density at radius 2 is 1.80 bits per heavy atom. The predicted octanol–water partition coefficient (Wildman–Crippen LogP) is 5.85. The van der Waals surface area contributed by atoms with Crippen LogP contribution in [0.4, 0.5) is 4.79 Å². The molecule has 0 aliphatic carbocycles. The van der Waals surface area contributed by atoms with Gasteiger partial charge in [-0.1, -0.05) is 77.1 Å². The number of benzene rings is 1. The largest absolute Gasteiger partial charge is 0.341 e. The summed E-state index contributed by atoms with van der Waals surface area (Å²) < 4.78 is 0. The fourth-order valence-electron chi connectivity index (χ4n) is 5.70. The minimum atomic E-state index is -0.0564. The first-order valence-corrected chi connectivity index (χ1v) is 12.3. The van der Waals surface area contributed by atoms with Crippen LogP contribution < -0.4 is 10.6 Å². The molecule has 3 unspecified atom stereocenters. The van der Waals surface area contributed by atoms with Crippen molar-refractivity contribution in [3.8, 4) is 0 Å². The molecular weight excluding hydrogens is 370 g/mol. The van der Waals surface area contributed by atoms with E-state index >= 15 is 0 Å². The maximum Gasteiger partial charge on any atom is 0.314 e. The van der Waals surface area contributed by atoms with Crippen molar-refractivity contribution in [1.82, 2.24) is 15.5 Å². The number of hydrogen-bond acceptors (Lipinski definition) is 2. The summed E-state index contributed by atoms with van der Waals surface area (Å²) in [7, 11) is 3.98. The van der Waals surface area contributed by atoms with Crippen molar-refractivity contribution in [3.63, 3.8) is 0 Å². The number of nitrogens with one attached hydrogen (secondary N) is 2. The van der Waals surface area contributed by atoms with Gasteiger partial charge >= 0.3 is 6.03 Å². The van der Waals surface area contributed by atoms with Crippen LogP contribution in [0.15, 0.2) is 24.3 Å². The number of fused-ring (bicyclic) bond motifs is 1. The summed E-state index contributed by atoms with van der Waals surface area (Å²) in [6.07, 6.45) is 10.7. The van der Waals surface area contributed by atoms with Crippen LogP contribution in [0.25, 0.3) is 0 Å². The minimum absolute atomic E-state index is 0.0564. The summed E-state index contributed by atoms with van der Waals surface area (Å²) in [5.41, 5.74) is 3.10. The lowest BCUT2D eigenvalue weighted by atomic mass is 9.61. The van der Waals surface area contributed by atoms with E-state index < -0.39 is 0 Å². The lowest BCUT2D eigenvalue weighted by Crippen LogP contribution is -2.53. The molecule has 2 rings (SSSR count). The second-order valence-corrected chi connectivity index (χ2v) is 9.38. The van der Waals surface area contributed by atoms with Crippen LogP contribution in [-0.4, -0.2) is 37.6 Å². The number of amides is 2. The molecule has 1 aromatic carbocycles. The van der Waals surface area contributed by atoms with Gasteiger partial charge in [0.05, 0.1) is 0 Å². The molecule has 2 amide bonds. The van der Waals surface area contributed by atoms with Gasteiger partial charge in [0.2, 0.25) is 0 Å². The quantitative estimate of drug-likeness (QED) is 0.420. The third kappa shape index (κ3) is 6.23. The molecule has 0 bridgehead atoms. The Morgan fingerprint density at radius 3 is 2.47 bits per heavy atom. The molecule has 0 saturated heterocycles. The third-order valence-electron chi connectivity index (χ3n) is 6.93. The number of carbonyl (C=O) groups excluding carboxylic acids is 1. The first-order chi connectivity index (χ1) is 14.5. The molecule has 170 valence electrons. The van der Waals surface area contributed by atoms with Crippen molar-refractivity contribution in [1.29, 1.82) is 0 Å². The van der Waals surface area contributed by atoms with Gasteiger partial charge in [0.25, 0.3) is 0 Å². The fourth-order valence-corrected chi connectivity index (χ4v) is 5.70.